The first-order chi connectivity index (χ1) is 9.81. The average Bonchev–Trinajstić information content (AvgIpc) is 2.53. The minimum atomic E-state index is 1.00. The zero-order chi connectivity index (χ0) is 14.2. The van der Waals surface area contributed by atoms with Crippen LogP contribution in [-0.4, -0.2) is 0 Å². The van der Waals surface area contributed by atoms with Gasteiger partial charge in [-0.2, -0.15) is 0 Å². The lowest BCUT2D eigenvalue weighted by atomic mass is 9.78. The quantitative estimate of drug-likeness (QED) is 0.470. The summed E-state index contributed by atoms with van der Waals surface area (Å²) in [6.45, 7) is 4.72. The van der Waals surface area contributed by atoms with Gasteiger partial charge in [-0.3, -0.25) is 0 Å². The van der Waals surface area contributed by atoms with Gasteiger partial charge in [0.2, 0.25) is 0 Å². The highest BCUT2D eigenvalue weighted by Gasteiger charge is 2.20. The average molecular weight is 277 g/mol. The molecule has 2 saturated carbocycles. The SMILES string of the molecule is CCC1CCC(CC=CCC2CCC(CC)CC2)CC1. The van der Waals surface area contributed by atoms with Gasteiger partial charge in [-0.15, -0.1) is 0 Å². The van der Waals surface area contributed by atoms with Crippen molar-refractivity contribution in [2.75, 3.05) is 0 Å². The molecule has 0 aromatic carbocycles. The highest BCUT2D eigenvalue weighted by molar-refractivity contribution is 4.88. The van der Waals surface area contributed by atoms with Crippen molar-refractivity contribution in [3.05, 3.63) is 12.2 Å². The second-order valence-corrected chi connectivity index (χ2v) is 7.53. The molecule has 0 nitrogen and oxygen atoms in total. The maximum absolute atomic E-state index is 2.52. The van der Waals surface area contributed by atoms with Crippen LogP contribution in [0.15, 0.2) is 12.2 Å². The van der Waals surface area contributed by atoms with Crippen molar-refractivity contribution in [2.24, 2.45) is 23.7 Å². The second kappa shape index (κ2) is 8.90. The number of allylic oxidation sites excluding steroid dienone is 2. The Balaban J connectivity index is 1.56. The fraction of sp³-hybridized carbons (Fsp3) is 0.900. The number of hydrogen-bond donors (Lipinski definition) is 0. The molecular formula is C20H36. The van der Waals surface area contributed by atoms with Crippen LogP contribution in [0, 0.1) is 23.7 Å². The van der Waals surface area contributed by atoms with E-state index in [0.717, 1.165) is 23.7 Å². The van der Waals surface area contributed by atoms with Crippen molar-refractivity contribution in [2.45, 2.75) is 90.9 Å². The summed E-state index contributed by atoms with van der Waals surface area (Å²) in [4.78, 5) is 0. The molecule has 116 valence electrons. The highest BCUT2D eigenvalue weighted by atomic mass is 14.3. The van der Waals surface area contributed by atoms with Crippen molar-refractivity contribution in [3.63, 3.8) is 0 Å². The van der Waals surface area contributed by atoms with E-state index in [1.54, 1.807) is 0 Å². The molecule has 0 aromatic heterocycles. The highest BCUT2D eigenvalue weighted by Crippen LogP contribution is 2.34. The van der Waals surface area contributed by atoms with E-state index in [4.69, 9.17) is 0 Å². The van der Waals surface area contributed by atoms with Gasteiger partial charge in [0.1, 0.15) is 0 Å². The largest absolute Gasteiger partial charge is 0.0883 e. The minimum Gasteiger partial charge on any atom is -0.0883 e. The van der Waals surface area contributed by atoms with Gasteiger partial charge >= 0.3 is 0 Å². The first kappa shape index (κ1) is 16.1. The van der Waals surface area contributed by atoms with Gasteiger partial charge in [0.15, 0.2) is 0 Å². The van der Waals surface area contributed by atoms with Gasteiger partial charge in [0, 0.05) is 0 Å². The Morgan fingerprint density at radius 2 is 0.850 bits per heavy atom. The van der Waals surface area contributed by atoms with Crippen molar-refractivity contribution >= 4 is 0 Å². The van der Waals surface area contributed by atoms with Crippen molar-refractivity contribution < 1.29 is 0 Å². The fourth-order valence-electron chi connectivity index (χ4n) is 4.33. The van der Waals surface area contributed by atoms with E-state index in [0.29, 0.717) is 0 Å². The molecule has 0 unspecified atom stereocenters. The summed E-state index contributed by atoms with van der Waals surface area (Å²) in [6.07, 6.45) is 22.5. The molecule has 0 aromatic rings. The van der Waals surface area contributed by atoms with E-state index >= 15 is 0 Å². The molecule has 0 bridgehead atoms. The standard InChI is InChI=1S/C20H36/c1-3-17-9-13-19(14-10-17)7-5-6-8-20-15-11-18(4-2)12-16-20/h5-6,17-20H,3-4,7-16H2,1-2H3. The van der Waals surface area contributed by atoms with E-state index in [9.17, 15) is 0 Å². The third-order valence-corrected chi connectivity index (χ3v) is 6.19. The molecule has 0 amide bonds. The predicted octanol–water partition coefficient (Wildman–Crippen LogP) is 6.76. The summed E-state index contributed by atoms with van der Waals surface area (Å²) < 4.78 is 0. The van der Waals surface area contributed by atoms with Crippen LogP contribution >= 0.6 is 0 Å². The van der Waals surface area contributed by atoms with E-state index in [-0.39, 0.29) is 0 Å². The molecule has 0 aliphatic heterocycles. The van der Waals surface area contributed by atoms with Crippen LogP contribution in [0.4, 0.5) is 0 Å². The van der Waals surface area contributed by atoms with Gasteiger partial charge in [0.25, 0.3) is 0 Å². The summed E-state index contributed by atoms with van der Waals surface area (Å²) in [7, 11) is 0. The molecule has 0 spiro atoms. The zero-order valence-corrected chi connectivity index (χ0v) is 13.9. The molecule has 2 aliphatic carbocycles. The fourth-order valence-corrected chi connectivity index (χ4v) is 4.33. The summed E-state index contributed by atoms with van der Waals surface area (Å²) in [6, 6.07) is 0. The molecule has 0 heteroatoms. The van der Waals surface area contributed by atoms with Crippen molar-refractivity contribution in [1.82, 2.24) is 0 Å². The normalized spacial score (nSPS) is 35.5. The third-order valence-electron chi connectivity index (χ3n) is 6.19. The van der Waals surface area contributed by atoms with Crippen LogP contribution in [-0.2, 0) is 0 Å². The summed E-state index contributed by atoms with van der Waals surface area (Å²) in [5.41, 5.74) is 0. The van der Waals surface area contributed by atoms with Crippen LogP contribution in [0.3, 0.4) is 0 Å². The maximum Gasteiger partial charge on any atom is -0.0322 e. The van der Waals surface area contributed by atoms with Gasteiger partial charge in [-0.05, 0) is 62.2 Å². The van der Waals surface area contributed by atoms with E-state index < -0.39 is 0 Å². The topological polar surface area (TPSA) is 0 Å². The minimum absolute atomic E-state index is 1.00. The summed E-state index contributed by atoms with van der Waals surface area (Å²) in [5, 5.41) is 0. The Bertz CT molecular complexity index is 234. The second-order valence-electron chi connectivity index (χ2n) is 7.53. The monoisotopic (exact) mass is 276 g/mol. The molecular weight excluding hydrogens is 240 g/mol. The van der Waals surface area contributed by atoms with Gasteiger partial charge in [-0.25, -0.2) is 0 Å². The van der Waals surface area contributed by atoms with Crippen LogP contribution in [0.25, 0.3) is 0 Å². The Morgan fingerprint density at radius 1 is 0.550 bits per heavy atom. The van der Waals surface area contributed by atoms with Gasteiger partial charge in [-0.1, -0.05) is 64.5 Å². The molecule has 2 rings (SSSR count). The number of rotatable bonds is 6. The molecule has 0 heterocycles. The van der Waals surface area contributed by atoms with Crippen LogP contribution < -0.4 is 0 Å². The molecule has 0 radical (unpaired) electrons. The lowest BCUT2D eigenvalue weighted by Crippen LogP contribution is -2.14. The maximum atomic E-state index is 2.52. The van der Waals surface area contributed by atoms with E-state index in [1.165, 1.54) is 77.0 Å². The molecule has 2 fully saturated rings. The lowest BCUT2D eigenvalue weighted by Gasteiger charge is -2.27. The lowest BCUT2D eigenvalue weighted by molar-refractivity contribution is 0.267. The van der Waals surface area contributed by atoms with Crippen LogP contribution in [0.2, 0.25) is 0 Å². The molecule has 0 saturated heterocycles. The molecule has 0 N–H and O–H groups in total. The van der Waals surface area contributed by atoms with E-state index in [1.807, 2.05) is 0 Å². The first-order valence-corrected chi connectivity index (χ1v) is 9.46. The zero-order valence-electron chi connectivity index (χ0n) is 13.9. The van der Waals surface area contributed by atoms with Crippen LogP contribution in [0.5, 0.6) is 0 Å². The molecule has 2 aliphatic rings. The smallest absolute Gasteiger partial charge is 0.0322 e. The van der Waals surface area contributed by atoms with Gasteiger partial charge in [0.05, 0.1) is 0 Å². The van der Waals surface area contributed by atoms with Crippen LogP contribution in [0.1, 0.15) is 90.9 Å². The summed E-state index contributed by atoms with van der Waals surface area (Å²) >= 11 is 0. The number of hydrogen-bond acceptors (Lipinski definition) is 0. The molecule has 20 heavy (non-hydrogen) atoms. The predicted molar refractivity (Wildman–Crippen MR) is 89.9 cm³/mol. The van der Waals surface area contributed by atoms with E-state index in [2.05, 4.69) is 26.0 Å². The van der Waals surface area contributed by atoms with Gasteiger partial charge < -0.3 is 0 Å². The van der Waals surface area contributed by atoms with Crippen molar-refractivity contribution in [3.8, 4) is 0 Å². The van der Waals surface area contributed by atoms with Crippen molar-refractivity contribution in [1.29, 1.82) is 0 Å². The Labute approximate surface area is 127 Å². The Kier molecular flexibility index (Phi) is 7.17. The molecule has 0 atom stereocenters. The third kappa shape index (κ3) is 5.26. The Morgan fingerprint density at radius 3 is 1.15 bits per heavy atom. The first-order valence-electron chi connectivity index (χ1n) is 9.46. The summed E-state index contributed by atoms with van der Waals surface area (Å²) in [5.74, 6) is 4.10. The Hall–Kier alpha value is -0.260.